The van der Waals surface area contributed by atoms with E-state index in [2.05, 4.69) is 15.1 Å². The fourth-order valence-electron chi connectivity index (χ4n) is 3.88. The molecule has 2 aliphatic heterocycles. The van der Waals surface area contributed by atoms with Crippen LogP contribution in [0.15, 0.2) is 35.4 Å². The third-order valence-electron chi connectivity index (χ3n) is 5.31. The number of carbonyl (C=O) groups is 1. The van der Waals surface area contributed by atoms with E-state index in [0.29, 0.717) is 24.3 Å². The Bertz CT molecular complexity index is 977. The van der Waals surface area contributed by atoms with Gasteiger partial charge in [0.15, 0.2) is 0 Å². The monoisotopic (exact) mass is 389 g/mol. The Balaban J connectivity index is 1.44. The number of aromatic nitrogens is 2. The minimum Gasteiger partial charge on any atom is -0.368 e. The van der Waals surface area contributed by atoms with E-state index in [9.17, 15) is 13.2 Å². The van der Waals surface area contributed by atoms with Crippen molar-refractivity contribution in [2.45, 2.75) is 30.8 Å². The van der Waals surface area contributed by atoms with Gasteiger partial charge >= 0.3 is 0 Å². The van der Waals surface area contributed by atoms with Crippen molar-refractivity contribution in [3.63, 3.8) is 0 Å². The van der Waals surface area contributed by atoms with Gasteiger partial charge in [-0.15, -0.1) is 0 Å². The first-order valence-electron chi connectivity index (χ1n) is 9.02. The van der Waals surface area contributed by atoms with Gasteiger partial charge in [-0.05, 0) is 37.8 Å². The van der Waals surface area contributed by atoms with E-state index < -0.39 is 10.0 Å². The summed E-state index contributed by atoms with van der Waals surface area (Å²) in [7, 11) is -1.72. The lowest BCUT2D eigenvalue weighted by Gasteiger charge is -2.38. The van der Waals surface area contributed by atoms with Gasteiger partial charge in [-0.1, -0.05) is 12.1 Å². The van der Waals surface area contributed by atoms with Crippen molar-refractivity contribution >= 4 is 21.6 Å². The van der Waals surface area contributed by atoms with E-state index in [1.54, 1.807) is 36.1 Å². The number of benzene rings is 1. The summed E-state index contributed by atoms with van der Waals surface area (Å²) in [6.45, 7) is 3.02. The third kappa shape index (κ3) is 3.32. The normalized spacial score (nSPS) is 22.1. The van der Waals surface area contributed by atoms with Crippen LogP contribution in [0.25, 0.3) is 0 Å². The van der Waals surface area contributed by atoms with Crippen LogP contribution in [0.4, 0.5) is 5.69 Å². The lowest BCUT2D eigenvalue weighted by atomic mass is 9.93. The molecule has 3 heterocycles. The SMILES string of the molecule is Cc1nn(C)cc1C(=O)N1CCC([C@@H]2Nc3ccccc3S(=O)(=O)N2)CC1. The zero-order valence-corrected chi connectivity index (χ0v) is 16.2. The summed E-state index contributed by atoms with van der Waals surface area (Å²) in [5.41, 5.74) is 1.98. The van der Waals surface area contributed by atoms with Crippen LogP contribution in [0.1, 0.15) is 28.9 Å². The molecule has 0 radical (unpaired) electrons. The summed E-state index contributed by atoms with van der Waals surface area (Å²) in [5, 5.41) is 7.54. The molecular formula is C18H23N5O3S. The van der Waals surface area contributed by atoms with Crippen LogP contribution >= 0.6 is 0 Å². The van der Waals surface area contributed by atoms with Crippen LogP contribution in [0.2, 0.25) is 0 Å². The van der Waals surface area contributed by atoms with Gasteiger partial charge in [-0.2, -0.15) is 9.82 Å². The van der Waals surface area contributed by atoms with Crippen molar-refractivity contribution in [1.82, 2.24) is 19.4 Å². The van der Waals surface area contributed by atoms with Crippen LogP contribution in [0, 0.1) is 12.8 Å². The first-order valence-corrected chi connectivity index (χ1v) is 10.5. The van der Waals surface area contributed by atoms with Crippen LogP contribution < -0.4 is 10.0 Å². The highest BCUT2D eigenvalue weighted by atomic mass is 32.2. The number of nitrogens with one attached hydrogen (secondary N) is 2. The van der Waals surface area contributed by atoms with Crippen molar-refractivity contribution in [3.8, 4) is 0 Å². The lowest BCUT2D eigenvalue weighted by Crippen LogP contribution is -2.52. The molecule has 2 N–H and O–H groups in total. The molecule has 1 fully saturated rings. The van der Waals surface area contributed by atoms with Gasteiger partial charge in [0.25, 0.3) is 5.91 Å². The Morgan fingerprint density at radius 1 is 1.22 bits per heavy atom. The number of hydrogen-bond donors (Lipinski definition) is 2. The Labute approximate surface area is 158 Å². The highest BCUT2D eigenvalue weighted by Crippen LogP contribution is 2.31. The van der Waals surface area contributed by atoms with Gasteiger partial charge in [0, 0.05) is 26.3 Å². The van der Waals surface area contributed by atoms with Gasteiger partial charge in [0.1, 0.15) is 4.90 Å². The number of anilines is 1. The maximum atomic E-state index is 12.7. The summed E-state index contributed by atoms with van der Waals surface area (Å²) < 4.78 is 29.4. The number of sulfonamides is 1. The van der Waals surface area contributed by atoms with Crippen LogP contribution in [0.3, 0.4) is 0 Å². The number of carbonyl (C=O) groups excluding carboxylic acids is 1. The number of para-hydroxylation sites is 1. The van der Waals surface area contributed by atoms with Gasteiger partial charge in [-0.3, -0.25) is 9.48 Å². The predicted octanol–water partition coefficient (Wildman–Crippen LogP) is 1.31. The lowest BCUT2D eigenvalue weighted by molar-refractivity contribution is 0.0678. The number of aryl methyl sites for hydroxylation is 2. The number of rotatable bonds is 2. The number of amides is 1. The van der Waals surface area contributed by atoms with Crippen molar-refractivity contribution in [2.75, 3.05) is 18.4 Å². The van der Waals surface area contributed by atoms with Crippen molar-refractivity contribution in [2.24, 2.45) is 13.0 Å². The Hall–Kier alpha value is -2.39. The number of hydrogen-bond acceptors (Lipinski definition) is 5. The van der Waals surface area contributed by atoms with Gasteiger partial charge in [0.05, 0.1) is 23.1 Å². The molecule has 4 rings (SSSR count). The molecule has 2 aromatic rings. The highest BCUT2D eigenvalue weighted by molar-refractivity contribution is 7.89. The predicted molar refractivity (Wildman–Crippen MR) is 101 cm³/mol. The topological polar surface area (TPSA) is 96.3 Å². The molecule has 144 valence electrons. The standard InChI is InChI=1S/C18H23N5O3S/c1-12-14(11-22(2)20-12)18(24)23-9-7-13(8-10-23)17-19-15-5-3-4-6-16(15)27(25,26)21-17/h3-6,11,13,17,19,21H,7-10H2,1-2H3/t17-/m1/s1. The minimum atomic E-state index is -3.52. The Morgan fingerprint density at radius 2 is 1.93 bits per heavy atom. The molecule has 1 aromatic carbocycles. The first kappa shape index (κ1) is 18.0. The zero-order chi connectivity index (χ0) is 19.2. The summed E-state index contributed by atoms with van der Waals surface area (Å²) in [6.07, 6.45) is 2.85. The van der Waals surface area contributed by atoms with Gasteiger partial charge < -0.3 is 10.2 Å². The van der Waals surface area contributed by atoms with Crippen LogP contribution in [-0.4, -0.2) is 48.3 Å². The molecule has 1 amide bonds. The van der Waals surface area contributed by atoms with Crippen LogP contribution in [0.5, 0.6) is 0 Å². The minimum absolute atomic E-state index is 0.0124. The van der Waals surface area contributed by atoms with Gasteiger partial charge in [0.2, 0.25) is 10.0 Å². The van der Waals surface area contributed by atoms with Crippen molar-refractivity contribution < 1.29 is 13.2 Å². The molecule has 0 unspecified atom stereocenters. The second-order valence-corrected chi connectivity index (χ2v) is 8.85. The van der Waals surface area contributed by atoms with Gasteiger partial charge in [-0.25, -0.2) is 8.42 Å². The molecule has 9 heteroatoms. The molecule has 2 aliphatic rings. The quantitative estimate of drug-likeness (QED) is 0.807. The summed E-state index contributed by atoms with van der Waals surface area (Å²) >= 11 is 0. The molecule has 1 saturated heterocycles. The Kier molecular flexibility index (Phi) is 4.43. The first-order chi connectivity index (χ1) is 12.8. The maximum absolute atomic E-state index is 12.7. The van der Waals surface area contributed by atoms with E-state index in [-0.39, 0.29) is 22.9 Å². The van der Waals surface area contributed by atoms with E-state index in [4.69, 9.17) is 0 Å². The van der Waals surface area contributed by atoms with E-state index in [1.165, 1.54) is 0 Å². The van der Waals surface area contributed by atoms with E-state index in [0.717, 1.165) is 18.5 Å². The van der Waals surface area contributed by atoms with E-state index >= 15 is 0 Å². The molecule has 8 nitrogen and oxygen atoms in total. The zero-order valence-electron chi connectivity index (χ0n) is 15.3. The third-order valence-corrected chi connectivity index (χ3v) is 6.81. The smallest absolute Gasteiger partial charge is 0.257 e. The number of fused-ring (bicyclic) bond motifs is 1. The number of likely N-dealkylation sites (tertiary alicyclic amines) is 1. The molecule has 27 heavy (non-hydrogen) atoms. The van der Waals surface area contributed by atoms with Crippen molar-refractivity contribution in [3.05, 3.63) is 41.7 Å². The Morgan fingerprint density at radius 3 is 2.59 bits per heavy atom. The van der Waals surface area contributed by atoms with Crippen molar-refractivity contribution in [1.29, 1.82) is 0 Å². The molecular weight excluding hydrogens is 366 g/mol. The molecule has 0 saturated carbocycles. The summed E-state index contributed by atoms with van der Waals surface area (Å²) in [4.78, 5) is 14.8. The average molecular weight is 389 g/mol. The molecule has 0 bridgehead atoms. The second kappa shape index (κ2) is 6.65. The molecule has 1 atom stereocenters. The maximum Gasteiger partial charge on any atom is 0.257 e. The van der Waals surface area contributed by atoms with Crippen LogP contribution in [-0.2, 0) is 17.1 Å². The molecule has 0 aliphatic carbocycles. The summed E-state index contributed by atoms with van der Waals surface area (Å²) in [6, 6.07) is 6.91. The summed E-state index contributed by atoms with van der Waals surface area (Å²) in [5.74, 6) is 0.105. The van der Waals surface area contributed by atoms with E-state index in [1.807, 2.05) is 17.9 Å². The fourth-order valence-corrected chi connectivity index (χ4v) is 5.26. The number of piperidine rings is 1. The largest absolute Gasteiger partial charge is 0.368 e. The average Bonchev–Trinajstić information content (AvgIpc) is 2.99. The fraction of sp³-hybridized carbons (Fsp3) is 0.444. The highest BCUT2D eigenvalue weighted by Gasteiger charge is 2.36. The molecule has 0 spiro atoms. The number of nitrogens with zero attached hydrogens (tertiary/aromatic N) is 3. The molecule has 1 aromatic heterocycles. The second-order valence-electron chi connectivity index (χ2n) is 7.17.